The summed E-state index contributed by atoms with van der Waals surface area (Å²) >= 11 is 0. The molecule has 0 fully saturated rings. The van der Waals surface area contributed by atoms with Crippen LogP contribution in [0.4, 0.5) is 5.82 Å². The van der Waals surface area contributed by atoms with E-state index in [1.807, 2.05) is 67.6 Å². The first-order valence-electron chi connectivity index (χ1n) is 12.0. The Labute approximate surface area is 218 Å². The minimum atomic E-state index is -0.477. The molecular formula is C30H22N6O2. The predicted octanol–water partition coefficient (Wildman–Crippen LogP) is 5.01. The zero-order valence-corrected chi connectivity index (χ0v) is 20.4. The van der Waals surface area contributed by atoms with Crippen molar-refractivity contribution < 1.29 is 9.21 Å². The van der Waals surface area contributed by atoms with Crippen molar-refractivity contribution in [2.24, 2.45) is 0 Å². The van der Waals surface area contributed by atoms with Crippen LogP contribution in [0, 0.1) is 11.8 Å². The Hall–Kier alpha value is -5.42. The van der Waals surface area contributed by atoms with E-state index in [0.29, 0.717) is 17.0 Å². The number of nitrogens with zero attached hydrogens (tertiary/aromatic N) is 4. The second-order valence-corrected chi connectivity index (χ2v) is 8.75. The summed E-state index contributed by atoms with van der Waals surface area (Å²) in [7, 11) is 0. The summed E-state index contributed by atoms with van der Waals surface area (Å²) in [6, 6.07) is 20.8. The molecule has 1 amide bonds. The molecule has 0 aliphatic heterocycles. The monoisotopic (exact) mass is 498 g/mol. The first-order chi connectivity index (χ1) is 18.6. The van der Waals surface area contributed by atoms with Gasteiger partial charge in [-0.1, -0.05) is 42.2 Å². The summed E-state index contributed by atoms with van der Waals surface area (Å²) in [6.07, 6.45) is 6.73. The third-order valence-corrected chi connectivity index (χ3v) is 6.20. The summed E-state index contributed by atoms with van der Waals surface area (Å²) in [4.78, 5) is 21.6. The lowest BCUT2D eigenvalue weighted by molar-refractivity contribution is 0.0938. The predicted molar refractivity (Wildman–Crippen MR) is 145 cm³/mol. The molecule has 38 heavy (non-hydrogen) atoms. The van der Waals surface area contributed by atoms with Gasteiger partial charge in [-0.2, -0.15) is 0 Å². The van der Waals surface area contributed by atoms with E-state index in [1.165, 1.54) is 4.52 Å². The molecule has 0 aliphatic carbocycles. The van der Waals surface area contributed by atoms with Gasteiger partial charge < -0.3 is 15.5 Å². The number of nitrogens with one attached hydrogen (secondary N) is 1. The number of nitrogen functional groups attached to an aromatic ring is 1. The molecule has 1 atom stereocenters. The molecule has 4 heterocycles. The van der Waals surface area contributed by atoms with E-state index in [9.17, 15) is 4.79 Å². The highest BCUT2D eigenvalue weighted by atomic mass is 16.3. The van der Waals surface area contributed by atoms with E-state index in [4.69, 9.17) is 10.2 Å². The van der Waals surface area contributed by atoms with Crippen LogP contribution in [0.1, 0.15) is 40.2 Å². The number of benzene rings is 2. The van der Waals surface area contributed by atoms with Gasteiger partial charge in [0.05, 0.1) is 6.04 Å². The Morgan fingerprint density at radius 1 is 1.00 bits per heavy atom. The average Bonchev–Trinajstić information content (AvgIpc) is 3.50. The van der Waals surface area contributed by atoms with Crippen molar-refractivity contribution >= 4 is 28.3 Å². The van der Waals surface area contributed by atoms with E-state index in [-0.39, 0.29) is 17.3 Å². The number of hydrogen-bond acceptors (Lipinski definition) is 6. The van der Waals surface area contributed by atoms with Crippen LogP contribution in [0.25, 0.3) is 27.7 Å². The number of anilines is 1. The maximum absolute atomic E-state index is 13.3. The molecule has 8 heteroatoms. The van der Waals surface area contributed by atoms with Crippen LogP contribution in [0.5, 0.6) is 0 Å². The van der Waals surface area contributed by atoms with Crippen LogP contribution < -0.4 is 11.1 Å². The fraction of sp³-hybridized carbons (Fsp3) is 0.0667. The van der Waals surface area contributed by atoms with E-state index < -0.39 is 6.04 Å². The van der Waals surface area contributed by atoms with Crippen molar-refractivity contribution in [2.45, 2.75) is 13.0 Å². The quantitative estimate of drug-likeness (QED) is 0.331. The van der Waals surface area contributed by atoms with Gasteiger partial charge in [0.15, 0.2) is 11.5 Å². The summed E-state index contributed by atoms with van der Waals surface area (Å²) in [6.45, 7) is 1.88. The maximum Gasteiger partial charge on any atom is 0.259 e. The minimum Gasteiger partial charge on any atom is -0.458 e. The van der Waals surface area contributed by atoms with Gasteiger partial charge in [0.2, 0.25) is 0 Å². The minimum absolute atomic E-state index is 0.110. The molecule has 0 saturated carbocycles. The smallest absolute Gasteiger partial charge is 0.259 e. The van der Waals surface area contributed by atoms with E-state index in [2.05, 4.69) is 32.2 Å². The van der Waals surface area contributed by atoms with Crippen molar-refractivity contribution in [1.82, 2.24) is 24.9 Å². The number of furan rings is 1. The number of nitrogens with two attached hydrogens (primary N) is 1. The van der Waals surface area contributed by atoms with Crippen LogP contribution in [0.2, 0.25) is 0 Å². The molecule has 184 valence electrons. The highest BCUT2D eigenvalue weighted by Crippen LogP contribution is 2.38. The zero-order valence-electron chi connectivity index (χ0n) is 20.4. The third kappa shape index (κ3) is 4.22. The van der Waals surface area contributed by atoms with E-state index >= 15 is 0 Å². The van der Waals surface area contributed by atoms with Gasteiger partial charge in [0, 0.05) is 46.9 Å². The molecule has 0 bridgehead atoms. The van der Waals surface area contributed by atoms with Gasteiger partial charge >= 0.3 is 0 Å². The molecule has 8 nitrogen and oxygen atoms in total. The van der Waals surface area contributed by atoms with Crippen LogP contribution in [0.15, 0.2) is 95.9 Å². The second-order valence-electron chi connectivity index (χ2n) is 8.75. The fourth-order valence-corrected chi connectivity index (χ4v) is 4.44. The summed E-state index contributed by atoms with van der Waals surface area (Å²) < 4.78 is 7.82. The van der Waals surface area contributed by atoms with Crippen LogP contribution in [-0.2, 0) is 0 Å². The lowest BCUT2D eigenvalue weighted by Crippen LogP contribution is -2.27. The first-order valence-corrected chi connectivity index (χ1v) is 12.0. The van der Waals surface area contributed by atoms with Gasteiger partial charge in [0.25, 0.3) is 5.91 Å². The molecule has 3 N–H and O–H groups in total. The number of amides is 1. The SMILES string of the molecule is CC(NC(=O)c1c(N)nn2cccnc12)c1oc2ccc(C#Cc3ccncc3)cc2c1-c1ccccc1. The Kier molecular flexibility index (Phi) is 5.79. The summed E-state index contributed by atoms with van der Waals surface area (Å²) in [5, 5.41) is 8.13. The molecule has 0 spiro atoms. The van der Waals surface area contributed by atoms with Gasteiger partial charge in [-0.3, -0.25) is 9.78 Å². The standard InChI is InChI=1S/C30H22N6O2/c1-19(34-30(37)26-28(31)35-36-17-5-14-33-29(26)36)27-25(22-6-3-2-4-7-22)23-18-21(10-11-24(23)38-27)9-8-20-12-15-32-16-13-20/h2-7,10-19H,1H3,(H2,31,35)(H,34,37). The van der Waals surface area contributed by atoms with Crippen LogP contribution >= 0.6 is 0 Å². The lowest BCUT2D eigenvalue weighted by atomic mass is 9.98. The highest BCUT2D eigenvalue weighted by molar-refractivity contribution is 6.04. The number of pyridine rings is 1. The third-order valence-electron chi connectivity index (χ3n) is 6.20. The number of carbonyl (C=O) groups is 1. The van der Waals surface area contributed by atoms with Crippen molar-refractivity contribution in [3.8, 4) is 23.0 Å². The molecule has 1 unspecified atom stereocenters. The van der Waals surface area contributed by atoms with Gasteiger partial charge in [-0.05, 0) is 48.9 Å². The summed E-state index contributed by atoms with van der Waals surface area (Å²) in [5.41, 5.74) is 11.0. The van der Waals surface area contributed by atoms with Crippen LogP contribution in [-0.4, -0.2) is 25.5 Å². The van der Waals surface area contributed by atoms with E-state index in [0.717, 1.165) is 27.6 Å². The zero-order chi connectivity index (χ0) is 26.1. The first kappa shape index (κ1) is 23.0. The maximum atomic E-state index is 13.3. The number of hydrogen-bond donors (Lipinski definition) is 2. The Morgan fingerprint density at radius 3 is 2.61 bits per heavy atom. The second kappa shape index (κ2) is 9.56. The van der Waals surface area contributed by atoms with Crippen molar-refractivity contribution in [1.29, 1.82) is 0 Å². The topological polar surface area (TPSA) is 111 Å². The summed E-state index contributed by atoms with van der Waals surface area (Å²) in [5.74, 6) is 6.75. The molecule has 0 aliphatic rings. The Morgan fingerprint density at radius 2 is 1.79 bits per heavy atom. The van der Waals surface area contributed by atoms with Crippen LogP contribution in [0.3, 0.4) is 0 Å². The molecule has 4 aromatic heterocycles. The van der Waals surface area contributed by atoms with Gasteiger partial charge in [0.1, 0.15) is 16.9 Å². The van der Waals surface area contributed by atoms with E-state index in [1.54, 1.807) is 30.9 Å². The number of rotatable bonds is 4. The van der Waals surface area contributed by atoms with Gasteiger partial charge in [-0.25, -0.2) is 9.50 Å². The van der Waals surface area contributed by atoms with Crippen molar-refractivity contribution in [3.63, 3.8) is 0 Å². The lowest BCUT2D eigenvalue weighted by Gasteiger charge is -2.14. The molecule has 6 aromatic rings. The Balaban J connectivity index is 1.41. The Bertz CT molecular complexity index is 1850. The highest BCUT2D eigenvalue weighted by Gasteiger charge is 2.25. The molecule has 6 rings (SSSR count). The molecule has 0 radical (unpaired) electrons. The van der Waals surface area contributed by atoms with Crippen molar-refractivity contribution in [3.05, 3.63) is 114 Å². The van der Waals surface area contributed by atoms with Crippen molar-refractivity contribution in [2.75, 3.05) is 5.73 Å². The normalized spacial score (nSPS) is 11.7. The molecule has 2 aromatic carbocycles. The number of fused-ring (bicyclic) bond motifs is 2. The van der Waals surface area contributed by atoms with Gasteiger partial charge in [-0.15, -0.1) is 5.10 Å². The largest absolute Gasteiger partial charge is 0.458 e. The molecule has 0 saturated heterocycles. The average molecular weight is 499 g/mol. The number of aromatic nitrogens is 4. The fourth-order valence-electron chi connectivity index (χ4n) is 4.44. The molecular weight excluding hydrogens is 476 g/mol. The number of carbonyl (C=O) groups excluding carboxylic acids is 1.